The van der Waals surface area contributed by atoms with Crippen molar-refractivity contribution in [2.45, 2.75) is 58.7 Å². The number of rotatable bonds is 10. The van der Waals surface area contributed by atoms with Gasteiger partial charge >= 0.3 is 5.97 Å². The zero-order valence-corrected chi connectivity index (χ0v) is 30.0. The topological polar surface area (TPSA) is 103 Å². The van der Waals surface area contributed by atoms with Crippen LogP contribution in [0.15, 0.2) is 102 Å². The molecule has 1 aliphatic heterocycles. The van der Waals surface area contributed by atoms with Crippen LogP contribution in [0.3, 0.4) is 0 Å². The lowest BCUT2D eigenvalue weighted by Crippen LogP contribution is -2.30. The maximum Gasteiger partial charge on any atom is 0.339 e. The number of esters is 1. The zero-order chi connectivity index (χ0) is 35.6. The summed E-state index contributed by atoms with van der Waals surface area (Å²) in [6.07, 6.45) is 3.04. The Bertz CT molecular complexity index is 2110. The van der Waals surface area contributed by atoms with Gasteiger partial charge in [-0.1, -0.05) is 78.2 Å². The molecule has 2 fully saturated rings. The molecule has 1 saturated carbocycles. The minimum atomic E-state index is -1.06. The van der Waals surface area contributed by atoms with Crippen molar-refractivity contribution >= 4 is 56.1 Å². The molecule has 2 aliphatic rings. The second-order valence-corrected chi connectivity index (χ2v) is 14.1. The summed E-state index contributed by atoms with van der Waals surface area (Å²) in [5.74, 6) is -1.09. The van der Waals surface area contributed by atoms with E-state index in [2.05, 4.69) is 15.9 Å². The van der Waals surface area contributed by atoms with Gasteiger partial charge in [0, 0.05) is 21.0 Å². The first-order valence-corrected chi connectivity index (χ1v) is 18.1. The van der Waals surface area contributed by atoms with E-state index in [-0.39, 0.29) is 35.0 Å². The molecule has 1 saturated heterocycles. The van der Waals surface area contributed by atoms with Crippen LogP contribution in [0.4, 0.5) is 5.69 Å². The molecule has 2 heterocycles. The van der Waals surface area contributed by atoms with Crippen LogP contribution in [0.5, 0.6) is 5.75 Å². The number of aryl methyl sites for hydroxylation is 1. The number of carbonyl (C=O) groups is 4. The fourth-order valence-electron chi connectivity index (χ4n) is 7.11. The number of carbonyl (C=O) groups excluding carboxylic acids is 4. The Labute approximate surface area is 304 Å². The van der Waals surface area contributed by atoms with Crippen molar-refractivity contribution in [1.29, 1.82) is 0 Å². The molecule has 2 amide bonds. The van der Waals surface area contributed by atoms with E-state index in [0.717, 1.165) is 41.3 Å². The van der Waals surface area contributed by atoms with E-state index in [9.17, 15) is 19.2 Å². The van der Waals surface area contributed by atoms with Crippen molar-refractivity contribution < 1.29 is 28.7 Å². The van der Waals surface area contributed by atoms with Crippen LogP contribution in [-0.4, -0.2) is 34.7 Å². The molecule has 0 N–H and O–H groups in total. The number of halogens is 1. The van der Waals surface area contributed by atoms with E-state index in [1.807, 2.05) is 61.5 Å². The smallest absolute Gasteiger partial charge is 0.339 e. The monoisotopic (exact) mass is 744 g/mol. The molecule has 0 bridgehead atoms. The predicted octanol–water partition coefficient (Wildman–Crippen LogP) is 8.91. The molecule has 7 rings (SSSR count). The molecule has 9 heteroatoms. The quantitative estimate of drug-likeness (QED) is 0.0800. The molecule has 1 aromatic heterocycles. The van der Waals surface area contributed by atoms with Gasteiger partial charge in [-0.2, -0.15) is 0 Å². The van der Waals surface area contributed by atoms with Crippen LogP contribution in [0, 0.1) is 11.8 Å². The van der Waals surface area contributed by atoms with Gasteiger partial charge in [-0.3, -0.25) is 19.3 Å². The Morgan fingerprint density at radius 3 is 2.20 bits per heavy atom. The number of hydrogen-bond acceptors (Lipinski definition) is 7. The van der Waals surface area contributed by atoms with Gasteiger partial charge in [0.1, 0.15) is 12.4 Å². The Morgan fingerprint density at radius 2 is 1.55 bits per heavy atom. The van der Waals surface area contributed by atoms with Gasteiger partial charge in [0.05, 0.1) is 34.3 Å². The van der Waals surface area contributed by atoms with Crippen LogP contribution in [0.25, 0.3) is 22.2 Å². The lowest BCUT2D eigenvalue weighted by molar-refractivity contribution is -0.122. The number of amides is 2. The van der Waals surface area contributed by atoms with Crippen molar-refractivity contribution in [3.8, 4) is 17.0 Å². The Kier molecular flexibility index (Phi) is 9.82. The third-order valence-electron chi connectivity index (χ3n) is 9.86. The summed E-state index contributed by atoms with van der Waals surface area (Å²) in [4.78, 5) is 60.0. The number of Topliss-reactive ketones (excluding diaryl/α,β-unsaturated/α-hetero) is 1. The van der Waals surface area contributed by atoms with E-state index in [0.29, 0.717) is 52.2 Å². The van der Waals surface area contributed by atoms with Crippen molar-refractivity contribution in [1.82, 2.24) is 4.98 Å². The maximum absolute atomic E-state index is 13.9. The molecule has 51 heavy (non-hydrogen) atoms. The molecule has 0 spiro atoms. The van der Waals surface area contributed by atoms with Crippen molar-refractivity contribution in [3.05, 3.63) is 124 Å². The number of hydrogen-bond donors (Lipinski definition) is 0. The lowest BCUT2D eigenvalue weighted by Gasteiger charge is -2.19. The highest BCUT2D eigenvalue weighted by Crippen LogP contribution is 2.40. The standard InChI is InChI=1S/C42H37BrN2O6/c1-3-27-21-30(43)22-35-36(42(49)51-25(2)39(46)29-15-19-32(20-16-29)50-24-26-9-5-4-6-10-26)23-37(44-38(27)35)28-13-17-31(18-14-28)45-40(47)33-11-7-8-12-34(33)41(45)48/h4-6,9-10,13-23,25,33-34H,3,7-8,11-12,24H2,1-2H3. The van der Waals surface area contributed by atoms with Crippen molar-refractivity contribution in [2.75, 3.05) is 4.90 Å². The highest BCUT2D eigenvalue weighted by Gasteiger charge is 2.48. The number of ketones is 1. The summed E-state index contributed by atoms with van der Waals surface area (Å²) in [5, 5.41) is 0.599. The first-order chi connectivity index (χ1) is 24.7. The van der Waals surface area contributed by atoms with Gasteiger partial charge < -0.3 is 9.47 Å². The molecule has 3 atom stereocenters. The highest BCUT2D eigenvalue weighted by molar-refractivity contribution is 9.10. The molecule has 3 unspecified atom stereocenters. The van der Waals surface area contributed by atoms with Gasteiger partial charge in [-0.05, 0) is 91.9 Å². The fourth-order valence-corrected chi connectivity index (χ4v) is 7.62. The molecule has 4 aromatic carbocycles. The average Bonchev–Trinajstić information content (AvgIpc) is 3.42. The SMILES string of the molecule is CCc1cc(Br)cc2c(C(=O)OC(C)C(=O)c3ccc(OCc4ccccc4)cc3)cc(-c3ccc(N4C(=O)C5CCCCC5C4=O)cc3)nc12. The summed E-state index contributed by atoms with van der Waals surface area (Å²) in [7, 11) is 0. The van der Waals surface area contributed by atoms with E-state index < -0.39 is 12.1 Å². The second kappa shape index (κ2) is 14.6. The normalized spacial score (nSPS) is 17.7. The van der Waals surface area contributed by atoms with E-state index in [1.54, 1.807) is 49.4 Å². The summed E-state index contributed by atoms with van der Waals surface area (Å²) in [6, 6.07) is 29.2. The zero-order valence-electron chi connectivity index (χ0n) is 28.4. The van der Waals surface area contributed by atoms with Gasteiger partial charge in [0.2, 0.25) is 17.6 Å². The number of pyridine rings is 1. The Balaban J connectivity index is 1.13. The minimum absolute atomic E-state index is 0.125. The van der Waals surface area contributed by atoms with Crippen molar-refractivity contribution in [2.24, 2.45) is 11.8 Å². The highest BCUT2D eigenvalue weighted by atomic mass is 79.9. The molecular formula is C42H37BrN2O6. The van der Waals surface area contributed by atoms with E-state index in [1.165, 1.54) is 4.90 Å². The number of fused-ring (bicyclic) bond motifs is 2. The second-order valence-electron chi connectivity index (χ2n) is 13.1. The van der Waals surface area contributed by atoms with Gasteiger partial charge in [0.25, 0.3) is 0 Å². The van der Waals surface area contributed by atoms with Gasteiger partial charge in [0.15, 0.2) is 6.10 Å². The Hall–Kier alpha value is -5.15. The van der Waals surface area contributed by atoms with E-state index in [4.69, 9.17) is 14.5 Å². The predicted molar refractivity (Wildman–Crippen MR) is 199 cm³/mol. The summed E-state index contributed by atoms with van der Waals surface area (Å²) in [6.45, 7) is 3.99. The molecule has 258 valence electrons. The van der Waals surface area contributed by atoms with Crippen LogP contribution in [0.2, 0.25) is 0 Å². The van der Waals surface area contributed by atoms with Crippen LogP contribution < -0.4 is 9.64 Å². The summed E-state index contributed by atoms with van der Waals surface area (Å²) in [5.41, 5.74) is 5.04. The third kappa shape index (κ3) is 6.95. The largest absolute Gasteiger partial charge is 0.489 e. The molecule has 8 nitrogen and oxygen atoms in total. The number of aromatic nitrogens is 1. The number of imide groups is 1. The summed E-state index contributed by atoms with van der Waals surface area (Å²) >= 11 is 3.57. The molecule has 5 aromatic rings. The summed E-state index contributed by atoms with van der Waals surface area (Å²) < 4.78 is 12.5. The number of anilines is 1. The van der Waals surface area contributed by atoms with Gasteiger partial charge in [-0.15, -0.1) is 0 Å². The molecule has 0 radical (unpaired) electrons. The number of ether oxygens (including phenoxy) is 2. The van der Waals surface area contributed by atoms with Crippen LogP contribution in [-0.2, 0) is 27.4 Å². The van der Waals surface area contributed by atoms with Crippen molar-refractivity contribution in [3.63, 3.8) is 0 Å². The first-order valence-electron chi connectivity index (χ1n) is 17.3. The molecular weight excluding hydrogens is 708 g/mol. The molecule has 1 aliphatic carbocycles. The number of benzene rings is 4. The van der Waals surface area contributed by atoms with E-state index >= 15 is 0 Å². The average molecular weight is 746 g/mol. The fraction of sp³-hybridized carbons (Fsp3) is 0.262. The van der Waals surface area contributed by atoms with Gasteiger partial charge in [-0.25, -0.2) is 9.78 Å². The third-order valence-corrected chi connectivity index (χ3v) is 10.3. The van der Waals surface area contributed by atoms with Crippen LogP contribution in [0.1, 0.15) is 71.4 Å². The first kappa shape index (κ1) is 34.3. The minimum Gasteiger partial charge on any atom is -0.489 e. The Morgan fingerprint density at radius 1 is 0.882 bits per heavy atom. The van der Waals surface area contributed by atoms with Crippen LogP contribution >= 0.6 is 15.9 Å². The number of nitrogens with zero attached hydrogens (tertiary/aromatic N) is 2. The lowest BCUT2D eigenvalue weighted by atomic mass is 9.81. The maximum atomic E-state index is 13.9.